The van der Waals surface area contributed by atoms with Crippen LogP contribution in [0.5, 0.6) is 0 Å². The van der Waals surface area contributed by atoms with Gasteiger partial charge in [0.1, 0.15) is 0 Å². The Balaban J connectivity index is 1.87. The third kappa shape index (κ3) is 3.46. The lowest BCUT2D eigenvalue weighted by molar-refractivity contribution is -0.128. The molecule has 0 bridgehead atoms. The first-order valence-electron chi connectivity index (χ1n) is 8.59. The first-order chi connectivity index (χ1) is 11.6. The number of hydrogen-bond acceptors (Lipinski definition) is 2. The number of rotatable bonds is 4. The van der Waals surface area contributed by atoms with Gasteiger partial charge in [-0.3, -0.25) is 9.78 Å². The Morgan fingerprint density at radius 1 is 1.17 bits per heavy atom. The molecule has 3 nitrogen and oxygen atoms in total. The molecule has 3 rings (SSSR count). The van der Waals surface area contributed by atoms with E-state index in [4.69, 9.17) is 11.6 Å². The van der Waals surface area contributed by atoms with Crippen molar-refractivity contribution in [1.29, 1.82) is 0 Å². The topological polar surface area (TPSA) is 42.0 Å². The van der Waals surface area contributed by atoms with Crippen molar-refractivity contribution in [3.05, 3.63) is 64.9 Å². The molecular formula is C20H23ClN2O. The van der Waals surface area contributed by atoms with Crippen LogP contribution in [-0.4, -0.2) is 10.9 Å². The predicted molar refractivity (Wildman–Crippen MR) is 97.0 cm³/mol. The first kappa shape index (κ1) is 17.0. The summed E-state index contributed by atoms with van der Waals surface area (Å²) in [5, 5.41) is 3.90. The lowest BCUT2D eigenvalue weighted by Gasteiger charge is -2.37. The van der Waals surface area contributed by atoms with Gasteiger partial charge in [-0.2, -0.15) is 0 Å². The highest BCUT2D eigenvalue weighted by atomic mass is 35.5. The fraction of sp³-hybridized carbons (Fsp3) is 0.400. The molecular weight excluding hydrogens is 320 g/mol. The fourth-order valence-corrected chi connectivity index (χ4v) is 3.85. The number of nitrogens with zero attached hydrogens (tertiary/aromatic N) is 1. The third-order valence-corrected chi connectivity index (χ3v) is 5.31. The van der Waals surface area contributed by atoms with Crippen LogP contribution in [0, 0.1) is 0 Å². The number of amides is 1. The van der Waals surface area contributed by atoms with Crippen molar-refractivity contribution in [2.75, 3.05) is 0 Å². The van der Waals surface area contributed by atoms with Gasteiger partial charge in [-0.1, -0.05) is 43.0 Å². The Morgan fingerprint density at radius 2 is 1.88 bits per heavy atom. The molecule has 1 saturated carbocycles. The van der Waals surface area contributed by atoms with E-state index >= 15 is 0 Å². The lowest BCUT2D eigenvalue weighted by atomic mass is 9.68. The van der Waals surface area contributed by atoms with Gasteiger partial charge in [-0.15, -0.1) is 0 Å². The molecule has 126 valence electrons. The molecule has 0 spiro atoms. The van der Waals surface area contributed by atoms with E-state index in [2.05, 4.69) is 10.3 Å². The molecule has 0 aliphatic heterocycles. The largest absolute Gasteiger partial charge is 0.349 e. The molecule has 24 heavy (non-hydrogen) atoms. The van der Waals surface area contributed by atoms with Crippen LogP contribution in [0.15, 0.2) is 48.8 Å². The normalized spacial score (nSPS) is 17.9. The maximum Gasteiger partial charge on any atom is 0.231 e. The molecule has 1 atom stereocenters. The van der Waals surface area contributed by atoms with Crippen molar-refractivity contribution in [3.63, 3.8) is 0 Å². The zero-order valence-corrected chi connectivity index (χ0v) is 14.7. The molecule has 4 heteroatoms. The van der Waals surface area contributed by atoms with Crippen molar-refractivity contribution in [3.8, 4) is 0 Å². The van der Waals surface area contributed by atoms with Gasteiger partial charge in [0.25, 0.3) is 0 Å². The van der Waals surface area contributed by atoms with E-state index in [0.717, 1.165) is 36.8 Å². The molecule has 1 fully saturated rings. The second-order valence-corrected chi connectivity index (χ2v) is 7.07. The summed E-state index contributed by atoms with van der Waals surface area (Å²) in [6, 6.07) is 11.6. The molecule has 2 aromatic rings. The lowest BCUT2D eigenvalue weighted by Crippen LogP contribution is -2.46. The monoisotopic (exact) mass is 342 g/mol. The first-order valence-corrected chi connectivity index (χ1v) is 8.96. The number of pyridine rings is 1. The SMILES string of the molecule is CC(NC(=O)C1(c2cccc(Cl)c2)CCCCC1)c1ccncc1. The van der Waals surface area contributed by atoms with Gasteiger partial charge in [-0.25, -0.2) is 0 Å². The van der Waals surface area contributed by atoms with Crippen molar-refractivity contribution in [2.24, 2.45) is 0 Å². The summed E-state index contributed by atoms with van der Waals surface area (Å²) in [7, 11) is 0. The van der Waals surface area contributed by atoms with Crippen LogP contribution in [0.3, 0.4) is 0 Å². The minimum atomic E-state index is -0.468. The Labute approximate surface area is 148 Å². The van der Waals surface area contributed by atoms with E-state index in [-0.39, 0.29) is 11.9 Å². The van der Waals surface area contributed by atoms with Crippen molar-refractivity contribution in [1.82, 2.24) is 10.3 Å². The zero-order valence-electron chi connectivity index (χ0n) is 14.0. The number of nitrogens with one attached hydrogen (secondary N) is 1. The molecule has 1 N–H and O–H groups in total. The van der Waals surface area contributed by atoms with Gasteiger partial charge < -0.3 is 5.32 Å². The molecule has 0 radical (unpaired) electrons. The fourth-order valence-electron chi connectivity index (χ4n) is 3.66. The molecule has 1 aliphatic rings. The molecule has 1 aromatic heterocycles. The van der Waals surface area contributed by atoms with Gasteiger partial charge in [-0.05, 0) is 55.2 Å². The van der Waals surface area contributed by atoms with Crippen LogP contribution in [-0.2, 0) is 10.2 Å². The standard InChI is InChI=1S/C20H23ClN2O/c1-15(16-8-12-22-13-9-16)23-19(24)20(10-3-2-4-11-20)17-6-5-7-18(21)14-17/h5-9,12-15H,2-4,10-11H2,1H3,(H,23,24). The predicted octanol–water partition coefficient (Wildman–Crippen LogP) is 4.81. The third-order valence-electron chi connectivity index (χ3n) is 5.07. The van der Waals surface area contributed by atoms with Crippen LogP contribution in [0.2, 0.25) is 5.02 Å². The van der Waals surface area contributed by atoms with Crippen molar-refractivity contribution >= 4 is 17.5 Å². The molecule has 1 heterocycles. The molecule has 1 amide bonds. The average Bonchev–Trinajstić information content (AvgIpc) is 2.63. The number of benzene rings is 1. The number of aromatic nitrogens is 1. The van der Waals surface area contributed by atoms with Crippen LogP contribution >= 0.6 is 11.6 Å². The highest BCUT2D eigenvalue weighted by molar-refractivity contribution is 6.30. The van der Waals surface area contributed by atoms with Crippen LogP contribution in [0.25, 0.3) is 0 Å². The molecule has 1 aliphatic carbocycles. The quantitative estimate of drug-likeness (QED) is 0.866. The second kappa shape index (κ2) is 7.35. The van der Waals surface area contributed by atoms with Gasteiger partial charge >= 0.3 is 0 Å². The van der Waals surface area contributed by atoms with E-state index in [0.29, 0.717) is 5.02 Å². The summed E-state index contributed by atoms with van der Waals surface area (Å²) in [6.07, 6.45) is 8.60. The summed E-state index contributed by atoms with van der Waals surface area (Å²) < 4.78 is 0. The highest BCUT2D eigenvalue weighted by Gasteiger charge is 2.41. The molecule has 1 aromatic carbocycles. The van der Waals surface area contributed by atoms with Crippen LogP contribution in [0.1, 0.15) is 56.2 Å². The summed E-state index contributed by atoms with van der Waals surface area (Å²) >= 11 is 6.19. The van der Waals surface area contributed by atoms with E-state index in [1.54, 1.807) is 12.4 Å². The van der Waals surface area contributed by atoms with Crippen molar-refractivity contribution in [2.45, 2.75) is 50.5 Å². The summed E-state index contributed by atoms with van der Waals surface area (Å²) in [4.78, 5) is 17.3. The maximum atomic E-state index is 13.2. The minimum absolute atomic E-state index is 0.0431. The van der Waals surface area contributed by atoms with E-state index in [1.165, 1.54) is 6.42 Å². The average molecular weight is 343 g/mol. The van der Waals surface area contributed by atoms with Gasteiger partial charge in [0.05, 0.1) is 11.5 Å². The summed E-state index contributed by atoms with van der Waals surface area (Å²) in [6.45, 7) is 2.02. The van der Waals surface area contributed by atoms with Gasteiger partial charge in [0.15, 0.2) is 0 Å². The molecule has 0 saturated heterocycles. The van der Waals surface area contributed by atoms with Gasteiger partial charge in [0, 0.05) is 17.4 Å². The summed E-state index contributed by atoms with van der Waals surface area (Å²) in [5.41, 5.74) is 1.63. The van der Waals surface area contributed by atoms with E-state index < -0.39 is 5.41 Å². The Kier molecular flexibility index (Phi) is 5.20. The van der Waals surface area contributed by atoms with Crippen LogP contribution < -0.4 is 5.32 Å². The Morgan fingerprint density at radius 3 is 2.54 bits per heavy atom. The summed E-state index contributed by atoms with van der Waals surface area (Å²) in [5.74, 6) is 0.105. The van der Waals surface area contributed by atoms with Gasteiger partial charge in [0.2, 0.25) is 5.91 Å². The number of hydrogen-bond donors (Lipinski definition) is 1. The number of carbonyl (C=O) groups excluding carboxylic acids is 1. The molecule has 1 unspecified atom stereocenters. The zero-order chi connectivity index (χ0) is 17.0. The van der Waals surface area contributed by atoms with E-state index in [9.17, 15) is 4.79 Å². The Hall–Kier alpha value is -1.87. The highest BCUT2D eigenvalue weighted by Crippen LogP contribution is 2.41. The van der Waals surface area contributed by atoms with E-state index in [1.807, 2.05) is 43.3 Å². The minimum Gasteiger partial charge on any atom is -0.349 e. The maximum absolute atomic E-state index is 13.2. The smallest absolute Gasteiger partial charge is 0.231 e. The van der Waals surface area contributed by atoms with Crippen molar-refractivity contribution < 1.29 is 4.79 Å². The van der Waals surface area contributed by atoms with Crippen LogP contribution in [0.4, 0.5) is 0 Å². The number of halogens is 1. The Bertz CT molecular complexity index is 696. The number of carbonyl (C=O) groups is 1. The second-order valence-electron chi connectivity index (χ2n) is 6.63.